The second-order valence-corrected chi connectivity index (χ2v) is 7.74. The van der Waals surface area contributed by atoms with Crippen molar-refractivity contribution in [3.05, 3.63) is 35.4 Å². The molecule has 3 rings (SSSR count). The lowest BCUT2D eigenvalue weighted by atomic mass is 9.94. The molecule has 1 atom stereocenters. The summed E-state index contributed by atoms with van der Waals surface area (Å²) in [6, 6.07) is 9.27. The molecule has 1 saturated carbocycles. The van der Waals surface area contributed by atoms with Crippen LogP contribution < -0.4 is 10.6 Å². The van der Waals surface area contributed by atoms with Crippen LogP contribution in [0.15, 0.2) is 24.3 Å². The average molecular weight is 416 g/mol. The van der Waals surface area contributed by atoms with E-state index in [1.807, 2.05) is 0 Å². The summed E-state index contributed by atoms with van der Waals surface area (Å²) >= 11 is 0. The van der Waals surface area contributed by atoms with Gasteiger partial charge in [0, 0.05) is 25.7 Å². The van der Waals surface area contributed by atoms with Crippen LogP contribution >= 0.6 is 24.8 Å². The lowest BCUT2D eigenvalue weighted by molar-refractivity contribution is -0.125. The summed E-state index contributed by atoms with van der Waals surface area (Å²) in [5, 5.41) is 6.48. The van der Waals surface area contributed by atoms with Crippen molar-refractivity contribution in [1.82, 2.24) is 15.5 Å². The maximum atomic E-state index is 12.4. The van der Waals surface area contributed by atoms with Crippen LogP contribution in [0.2, 0.25) is 0 Å². The molecule has 1 aromatic carbocycles. The standard InChI is InChI=1S/C21H33N3O.2ClH/c1-24(20-11-3-2-4-12-20)16-19-9-6-5-8-17(19)15-23-21(25)18-10-7-13-22-14-18;;/h5-6,8-9,18,20,22H,2-4,7,10-16H2,1H3,(H,23,25);2*1H. The Hall–Kier alpha value is -0.810. The van der Waals surface area contributed by atoms with E-state index >= 15 is 0 Å². The summed E-state index contributed by atoms with van der Waals surface area (Å²) in [6.45, 7) is 3.48. The monoisotopic (exact) mass is 415 g/mol. The van der Waals surface area contributed by atoms with Crippen molar-refractivity contribution in [3.63, 3.8) is 0 Å². The Labute approximate surface area is 176 Å². The molecule has 1 aliphatic carbocycles. The molecule has 2 N–H and O–H groups in total. The molecule has 0 spiro atoms. The molecular formula is C21H35Cl2N3O. The lowest BCUT2D eigenvalue weighted by Gasteiger charge is -2.31. The maximum Gasteiger partial charge on any atom is 0.224 e. The van der Waals surface area contributed by atoms with Crippen LogP contribution in [0.4, 0.5) is 0 Å². The van der Waals surface area contributed by atoms with Crippen LogP contribution in [-0.2, 0) is 17.9 Å². The highest BCUT2D eigenvalue weighted by molar-refractivity contribution is 5.85. The topological polar surface area (TPSA) is 44.4 Å². The second-order valence-electron chi connectivity index (χ2n) is 7.74. The first-order valence-electron chi connectivity index (χ1n) is 9.99. The van der Waals surface area contributed by atoms with Gasteiger partial charge in [-0.05, 0) is 50.4 Å². The SMILES string of the molecule is CN(Cc1ccccc1CNC(=O)C1CCCNC1)C1CCCCC1.Cl.Cl. The quantitative estimate of drug-likeness (QED) is 0.739. The molecule has 2 fully saturated rings. The van der Waals surface area contributed by atoms with E-state index in [2.05, 4.69) is 46.8 Å². The fourth-order valence-corrected chi connectivity index (χ4v) is 4.21. The predicted molar refractivity (Wildman–Crippen MR) is 117 cm³/mol. The summed E-state index contributed by atoms with van der Waals surface area (Å²) < 4.78 is 0. The first-order valence-corrected chi connectivity index (χ1v) is 9.99. The highest BCUT2D eigenvalue weighted by atomic mass is 35.5. The number of amides is 1. The Morgan fingerprint density at radius 1 is 1.07 bits per heavy atom. The molecule has 1 amide bonds. The molecule has 6 heteroatoms. The van der Waals surface area contributed by atoms with Crippen LogP contribution in [0.1, 0.15) is 56.1 Å². The zero-order chi connectivity index (χ0) is 17.5. The Kier molecular flexibility index (Phi) is 11.3. The fraction of sp³-hybridized carbons (Fsp3) is 0.667. The predicted octanol–water partition coefficient (Wildman–Crippen LogP) is 3.91. The van der Waals surface area contributed by atoms with E-state index in [-0.39, 0.29) is 36.6 Å². The van der Waals surface area contributed by atoms with Crippen LogP contribution in [0.3, 0.4) is 0 Å². The molecule has 0 radical (unpaired) electrons. The van der Waals surface area contributed by atoms with Crippen LogP contribution in [0, 0.1) is 5.92 Å². The molecule has 1 aromatic rings. The minimum atomic E-state index is 0. The molecule has 4 nitrogen and oxygen atoms in total. The van der Waals surface area contributed by atoms with E-state index in [1.165, 1.54) is 43.2 Å². The van der Waals surface area contributed by atoms with Crippen molar-refractivity contribution in [2.45, 2.75) is 64.1 Å². The number of hydrogen-bond donors (Lipinski definition) is 2. The fourth-order valence-electron chi connectivity index (χ4n) is 4.21. The van der Waals surface area contributed by atoms with Gasteiger partial charge in [0.2, 0.25) is 5.91 Å². The Morgan fingerprint density at radius 3 is 2.44 bits per heavy atom. The van der Waals surface area contributed by atoms with Gasteiger partial charge in [-0.3, -0.25) is 9.69 Å². The second kappa shape index (κ2) is 12.6. The number of nitrogens with zero attached hydrogens (tertiary/aromatic N) is 1. The maximum absolute atomic E-state index is 12.4. The van der Waals surface area contributed by atoms with Crippen LogP contribution in [0.25, 0.3) is 0 Å². The third-order valence-corrected chi connectivity index (χ3v) is 5.86. The molecule has 1 heterocycles. The van der Waals surface area contributed by atoms with E-state index < -0.39 is 0 Å². The van der Waals surface area contributed by atoms with Gasteiger partial charge in [-0.15, -0.1) is 24.8 Å². The molecule has 1 unspecified atom stereocenters. The number of benzene rings is 1. The number of rotatable bonds is 6. The van der Waals surface area contributed by atoms with Crippen molar-refractivity contribution in [1.29, 1.82) is 0 Å². The van der Waals surface area contributed by atoms with Gasteiger partial charge >= 0.3 is 0 Å². The molecule has 2 aliphatic rings. The summed E-state index contributed by atoms with van der Waals surface area (Å²) in [6.07, 6.45) is 8.87. The van der Waals surface area contributed by atoms with Gasteiger partial charge in [-0.1, -0.05) is 43.5 Å². The third kappa shape index (κ3) is 7.26. The smallest absolute Gasteiger partial charge is 0.224 e. The van der Waals surface area contributed by atoms with Gasteiger partial charge in [0.1, 0.15) is 0 Å². The first kappa shape index (κ1) is 24.2. The molecule has 1 saturated heterocycles. The van der Waals surface area contributed by atoms with Crippen molar-refractivity contribution in [3.8, 4) is 0 Å². The van der Waals surface area contributed by atoms with Crippen LogP contribution in [-0.4, -0.2) is 37.0 Å². The number of halogens is 2. The van der Waals surface area contributed by atoms with E-state index in [4.69, 9.17) is 0 Å². The van der Waals surface area contributed by atoms with E-state index in [1.54, 1.807) is 0 Å². The zero-order valence-corrected chi connectivity index (χ0v) is 18.0. The van der Waals surface area contributed by atoms with Gasteiger partial charge < -0.3 is 10.6 Å². The number of piperidine rings is 1. The van der Waals surface area contributed by atoms with Crippen LogP contribution in [0.5, 0.6) is 0 Å². The Morgan fingerprint density at radius 2 is 1.78 bits per heavy atom. The van der Waals surface area contributed by atoms with Gasteiger partial charge in [-0.2, -0.15) is 0 Å². The van der Waals surface area contributed by atoms with Gasteiger partial charge in [0.15, 0.2) is 0 Å². The average Bonchev–Trinajstić information content (AvgIpc) is 2.68. The minimum Gasteiger partial charge on any atom is -0.352 e. The highest BCUT2D eigenvalue weighted by Crippen LogP contribution is 2.23. The third-order valence-electron chi connectivity index (χ3n) is 5.86. The molecule has 154 valence electrons. The van der Waals surface area contributed by atoms with Gasteiger partial charge in [-0.25, -0.2) is 0 Å². The lowest BCUT2D eigenvalue weighted by Crippen LogP contribution is -2.40. The van der Waals surface area contributed by atoms with Crippen molar-refractivity contribution in [2.75, 3.05) is 20.1 Å². The largest absolute Gasteiger partial charge is 0.352 e. The summed E-state index contributed by atoms with van der Waals surface area (Å²) in [7, 11) is 2.25. The van der Waals surface area contributed by atoms with E-state index in [0.29, 0.717) is 12.6 Å². The number of nitrogens with one attached hydrogen (secondary N) is 2. The number of hydrogen-bond acceptors (Lipinski definition) is 3. The first-order chi connectivity index (χ1) is 12.2. The summed E-state index contributed by atoms with van der Waals surface area (Å²) in [5.74, 6) is 0.327. The summed E-state index contributed by atoms with van der Waals surface area (Å²) in [5.41, 5.74) is 2.60. The Bertz CT molecular complexity index is 558. The highest BCUT2D eigenvalue weighted by Gasteiger charge is 2.21. The molecule has 0 bridgehead atoms. The minimum absolute atomic E-state index is 0. The summed E-state index contributed by atoms with van der Waals surface area (Å²) in [4.78, 5) is 14.9. The van der Waals surface area contributed by atoms with E-state index in [0.717, 1.165) is 32.5 Å². The van der Waals surface area contributed by atoms with Crippen molar-refractivity contribution < 1.29 is 4.79 Å². The molecule has 27 heavy (non-hydrogen) atoms. The van der Waals surface area contributed by atoms with E-state index in [9.17, 15) is 4.79 Å². The van der Waals surface area contributed by atoms with Gasteiger partial charge in [0.25, 0.3) is 0 Å². The normalized spacial score (nSPS) is 20.4. The van der Waals surface area contributed by atoms with Gasteiger partial charge in [0.05, 0.1) is 5.92 Å². The molecule has 0 aromatic heterocycles. The molecule has 1 aliphatic heterocycles. The Balaban J connectivity index is 0.00000182. The van der Waals surface area contributed by atoms with Crippen molar-refractivity contribution in [2.24, 2.45) is 5.92 Å². The number of carbonyl (C=O) groups excluding carboxylic acids is 1. The van der Waals surface area contributed by atoms with Crippen molar-refractivity contribution >= 4 is 30.7 Å². The molecular weight excluding hydrogens is 381 g/mol. The zero-order valence-electron chi connectivity index (χ0n) is 16.4. The number of carbonyl (C=O) groups is 1.